The van der Waals surface area contributed by atoms with Crippen molar-refractivity contribution in [1.82, 2.24) is 10.2 Å². The Kier molecular flexibility index (Phi) is 6.60. The first kappa shape index (κ1) is 20.9. The summed E-state index contributed by atoms with van der Waals surface area (Å²) in [7, 11) is 0. The fraction of sp³-hybridized carbons (Fsp3) is 0.100. The molecule has 0 unspecified atom stereocenters. The Bertz CT molecular complexity index is 1060. The third-order valence-corrected chi connectivity index (χ3v) is 5.49. The largest absolute Gasteiger partial charge is 0.350 e. The highest BCUT2D eigenvalue weighted by Crippen LogP contribution is 2.33. The van der Waals surface area contributed by atoms with E-state index in [2.05, 4.69) is 5.32 Å². The van der Waals surface area contributed by atoms with Gasteiger partial charge in [0.25, 0.3) is 17.1 Å². The summed E-state index contributed by atoms with van der Waals surface area (Å²) in [6.07, 6.45) is 1.54. The number of halogens is 2. The molecular formula is C20H13Cl2N3O3S. The van der Waals surface area contributed by atoms with Crippen molar-refractivity contribution >= 4 is 58.1 Å². The summed E-state index contributed by atoms with van der Waals surface area (Å²) in [6.45, 7) is 0.143. The maximum atomic E-state index is 12.5. The minimum absolute atomic E-state index is 0.0401. The third kappa shape index (κ3) is 4.98. The topological polar surface area (TPSA) is 90.3 Å². The van der Waals surface area contributed by atoms with Crippen LogP contribution in [0, 0.1) is 11.3 Å². The molecule has 3 amide bonds. The van der Waals surface area contributed by atoms with Crippen molar-refractivity contribution in [2.75, 3.05) is 13.1 Å². The number of nitrogens with one attached hydrogen (secondary N) is 1. The van der Waals surface area contributed by atoms with Crippen molar-refractivity contribution in [3.8, 4) is 6.07 Å². The molecule has 1 fully saturated rings. The molecule has 0 atom stereocenters. The van der Waals surface area contributed by atoms with Crippen LogP contribution in [0.4, 0.5) is 4.79 Å². The Morgan fingerprint density at radius 2 is 1.90 bits per heavy atom. The monoisotopic (exact) mass is 445 g/mol. The van der Waals surface area contributed by atoms with Gasteiger partial charge in [0.15, 0.2) is 0 Å². The van der Waals surface area contributed by atoms with E-state index in [-0.39, 0.29) is 23.9 Å². The number of benzene rings is 2. The molecule has 1 aliphatic heterocycles. The molecule has 0 bridgehead atoms. The number of amides is 3. The number of rotatable bonds is 5. The standard InChI is InChI=1S/C20H13Cl2N3O3S/c21-15-6-5-14(16(22)10-15)9-17-19(27)25(20(28)29-17)8-7-24-18(26)13-3-1-12(11-23)2-4-13/h1-6,9-10H,7-8H2,(H,24,26)/b17-9-. The average Bonchev–Trinajstić information content (AvgIpc) is 2.97. The van der Waals surface area contributed by atoms with Gasteiger partial charge >= 0.3 is 0 Å². The summed E-state index contributed by atoms with van der Waals surface area (Å²) >= 11 is 12.8. The van der Waals surface area contributed by atoms with Crippen LogP contribution in [0.15, 0.2) is 47.4 Å². The van der Waals surface area contributed by atoms with E-state index < -0.39 is 11.1 Å². The lowest BCUT2D eigenvalue weighted by atomic mass is 10.1. The van der Waals surface area contributed by atoms with Crippen LogP contribution >= 0.6 is 35.0 Å². The highest BCUT2D eigenvalue weighted by molar-refractivity contribution is 8.18. The van der Waals surface area contributed by atoms with Gasteiger partial charge in [0.05, 0.1) is 16.5 Å². The molecule has 1 aliphatic rings. The van der Waals surface area contributed by atoms with Crippen LogP contribution in [0.25, 0.3) is 6.08 Å². The van der Waals surface area contributed by atoms with Crippen molar-refractivity contribution in [1.29, 1.82) is 5.26 Å². The van der Waals surface area contributed by atoms with E-state index in [4.69, 9.17) is 28.5 Å². The van der Waals surface area contributed by atoms with Crippen LogP contribution in [-0.2, 0) is 4.79 Å². The molecule has 29 heavy (non-hydrogen) atoms. The third-order valence-electron chi connectivity index (χ3n) is 4.02. The van der Waals surface area contributed by atoms with Crippen LogP contribution in [-0.4, -0.2) is 35.0 Å². The Morgan fingerprint density at radius 1 is 1.17 bits per heavy atom. The van der Waals surface area contributed by atoms with Crippen molar-refractivity contribution in [3.63, 3.8) is 0 Å². The number of carbonyl (C=O) groups is 3. The second-order valence-corrected chi connectivity index (χ2v) is 7.78. The van der Waals surface area contributed by atoms with Crippen molar-refractivity contribution < 1.29 is 14.4 Å². The van der Waals surface area contributed by atoms with E-state index in [1.165, 1.54) is 24.3 Å². The van der Waals surface area contributed by atoms with Gasteiger partial charge in [-0.1, -0.05) is 29.3 Å². The maximum absolute atomic E-state index is 12.5. The number of carbonyl (C=O) groups excluding carboxylic acids is 3. The minimum atomic E-state index is -0.446. The van der Waals surface area contributed by atoms with Crippen molar-refractivity contribution in [2.45, 2.75) is 0 Å². The van der Waals surface area contributed by atoms with Gasteiger partial charge in [-0.05, 0) is 59.8 Å². The summed E-state index contributed by atoms with van der Waals surface area (Å²) in [5.41, 5.74) is 1.41. The number of thioether (sulfide) groups is 1. The lowest BCUT2D eigenvalue weighted by Gasteiger charge is -2.13. The lowest BCUT2D eigenvalue weighted by Crippen LogP contribution is -2.37. The summed E-state index contributed by atoms with van der Waals surface area (Å²) in [5, 5.41) is 11.9. The van der Waals surface area contributed by atoms with Gasteiger partial charge in [-0.3, -0.25) is 19.3 Å². The van der Waals surface area contributed by atoms with Gasteiger partial charge in [-0.2, -0.15) is 5.26 Å². The van der Waals surface area contributed by atoms with Gasteiger partial charge in [0, 0.05) is 28.7 Å². The van der Waals surface area contributed by atoms with Gasteiger partial charge in [0.1, 0.15) is 0 Å². The number of nitriles is 1. The fourth-order valence-corrected chi connectivity index (χ4v) is 3.85. The van der Waals surface area contributed by atoms with E-state index in [1.807, 2.05) is 6.07 Å². The van der Waals surface area contributed by atoms with E-state index >= 15 is 0 Å². The minimum Gasteiger partial charge on any atom is -0.350 e. The molecule has 146 valence electrons. The first-order chi connectivity index (χ1) is 13.9. The Morgan fingerprint density at radius 3 is 2.55 bits per heavy atom. The predicted molar refractivity (Wildman–Crippen MR) is 113 cm³/mol. The predicted octanol–water partition coefficient (Wildman–Crippen LogP) is 4.33. The maximum Gasteiger partial charge on any atom is 0.293 e. The van der Waals surface area contributed by atoms with E-state index in [0.717, 1.165) is 16.7 Å². The molecule has 3 rings (SSSR count). The highest BCUT2D eigenvalue weighted by atomic mass is 35.5. The summed E-state index contributed by atoms with van der Waals surface area (Å²) < 4.78 is 0. The zero-order chi connectivity index (χ0) is 21.0. The fourth-order valence-electron chi connectivity index (χ4n) is 2.53. The normalized spacial score (nSPS) is 14.9. The first-order valence-electron chi connectivity index (χ1n) is 8.38. The lowest BCUT2D eigenvalue weighted by molar-refractivity contribution is -0.122. The number of hydrogen-bond acceptors (Lipinski definition) is 5. The zero-order valence-electron chi connectivity index (χ0n) is 14.8. The SMILES string of the molecule is N#Cc1ccc(C(=O)NCCN2C(=O)S/C(=C\c3ccc(Cl)cc3Cl)C2=O)cc1. The quantitative estimate of drug-likeness (QED) is 0.691. The molecule has 0 spiro atoms. The number of nitrogens with zero attached hydrogens (tertiary/aromatic N) is 2. The van der Waals surface area contributed by atoms with Gasteiger partial charge < -0.3 is 5.32 Å². The molecule has 0 radical (unpaired) electrons. The Labute approximate surface area is 181 Å². The average molecular weight is 446 g/mol. The summed E-state index contributed by atoms with van der Waals surface area (Å²) in [6, 6.07) is 13.0. The van der Waals surface area contributed by atoms with E-state index in [1.54, 1.807) is 24.3 Å². The highest BCUT2D eigenvalue weighted by Gasteiger charge is 2.34. The molecular weight excluding hydrogens is 433 g/mol. The van der Waals surface area contributed by atoms with Crippen LogP contribution in [0.5, 0.6) is 0 Å². The molecule has 0 aliphatic carbocycles. The van der Waals surface area contributed by atoms with Crippen LogP contribution in [0.2, 0.25) is 10.0 Å². The second-order valence-electron chi connectivity index (χ2n) is 5.94. The van der Waals surface area contributed by atoms with Gasteiger partial charge in [-0.25, -0.2) is 0 Å². The first-order valence-corrected chi connectivity index (χ1v) is 9.95. The molecule has 1 N–H and O–H groups in total. The molecule has 2 aromatic rings. The summed E-state index contributed by atoms with van der Waals surface area (Å²) in [4.78, 5) is 38.1. The Hall–Kier alpha value is -2.79. The van der Waals surface area contributed by atoms with Crippen LogP contribution in [0.3, 0.4) is 0 Å². The van der Waals surface area contributed by atoms with Crippen LogP contribution < -0.4 is 5.32 Å². The molecule has 1 saturated heterocycles. The van der Waals surface area contributed by atoms with Gasteiger partial charge in [-0.15, -0.1) is 0 Å². The van der Waals surface area contributed by atoms with Crippen LogP contribution in [0.1, 0.15) is 21.5 Å². The zero-order valence-corrected chi connectivity index (χ0v) is 17.1. The van der Waals surface area contributed by atoms with E-state index in [9.17, 15) is 14.4 Å². The second kappa shape index (κ2) is 9.14. The van der Waals surface area contributed by atoms with Crippen molar-refractivity contribution in [2.24, 2.45) is 0 Å². The number of imide groups is 1. The molecule has 2 aromatic carbocycles. The molecule has 9 heteroatoms. The smallest absolute Gasteiger partial charge is 0.293 e. The van der Waals surface area contributed by atoms with Gasteiger partial charge in [0.2, 0.25) is 0 Å². The molecule has 6 nitrogen and oxygen atoms in total. The van der Waals surface area contributed by atoms with E-state index in [0.29, 0.717) is 26.7 Å². The Balaban J connectivity index is 1.60. The number of hydrogen-bond donors (Lipinski definition) is 1. The van der Waals surface area contributed by atoms with Crippen molar-refractivity contribution in [3.05, 3.63) is 74.1 Å². The molecule has 1 heterocycles. The molecule has 0 saturated carbocycles. The molecule has 0 aromatic heterocycles. The summed E-state index contributed by atoms with van der Waals surface area (Å²) in [5.74, 6) is -0.802.